The molecule has 174 valence electrons. The monoisotopic (exact) mass is 604 g/mol. The van der Waals surface area contributed by atoms with Crippen LogP contribution in [0.15, 0.2) is 0 Å². The zero-order valence-electron chi connectivity index (χ0n) is 15.5. The molecule has 18 nitrogen and oxygen atoms in total. The molecule has 0 aromatic rings. The number of carbonyl (C=O) groups is 6. The van der Waals surface area contributed by atoms with Gasteiger partial charge in [0.05, 0.1) is 35.8 Å². The van der Waals surface area contributed by atoms with Crippen molar-refractivity contribution >= 4 is 60.2 Å². The third-order valence-electron chi connectivity index (χ3n) is 2.35. The zero-order chi connectivity index (χ0) is 24.9. The number of hydrogen-bond acceptors (Lipinski definition) is 18. The third-order valence-corrected chi connectivity index (χ3v) is 2.35. The number of aliphatic hydroxyl groups excluding tert-OH is 6. The maximum absolute atomic E-state index is 9.63. The van der Waals surface area contributed by atoms with E-state index in [0.29, 0.717) is 0 Å². The molecule has 0 aromatic carbocycles. The van der Waals surface area contributed by atoms with Crippen LogP contribution in [0.3, 0.4) is 0 Å². The summed E-state index contributed by atoms with van der Waals surface area (Å²) in [5.74, 6) is -12.4. The molecule has 0 radical (unpaired) electrons. The van der Waals surface area contributed by atoms with Gasteiger partial charge in [-0.3, -0.25) is 0 Å². The Hall–Kier alpha value is -0.965. The molecule has 6 N–H and O–H groups in total. The van der Waals surface area contributed by atoms with Crippen LogP contribution in [0, 0.1) is 0 Å². The van der Waals surface area contributed by atoms with Crippen LogP contribution in [0.25, 0.3) is 0 Å². The van der Waals surface area contributed by atoms with Gasteiger partial charge in [0.2, 0.25) is 0 Å². The van der Waals surface area contributed by atoms with Crippen LogP contribution >= 0.6 is 0 Å². The van der Waals surface area contributed by atoms with Gasteiger partial charge in [0, 0.05) is 0 Å². The van der Waals surface area contributed by atoms with Crippen molar-refractivity contribution < 1.29 is 141 Å². The van der Waals surface area contributed by atoms with Crippen LogP contribution in [0.5, 0.6) is 0 Å². The summed E-state index contributed by atoms with van der Waals surface area (Å²) in [5.41, 5.74) is 0. The summed E-state index contributed by atoms with van der Waals surface area (Å²) in [7, 11) is 0. The molecule has 0 saturated heterocycles. The van der Waals surface area contributed by atoms with E-state index in [2.05, 4.69) is 0 Å². The summed E-state index contributed by atoms with van der Waals surface area (Å²) in [5, 5.41) is 107. The largest absolute Gasteiger partial charge is 5.00 e. The van der Waals surface area contributed by atoms with Gasteiger partial charge in [0.1, 0.15) is 36.6 Å². The van der Waals surface area contributed by atoms with Gasteiger partial charge in [-0.2, -0.15) is 0 Å². The molecule has 0 bridgehead atoms. The first-order valence-corrected chi connectivity index (χ1v) is 6.73. The Morgan fingerprint density at radius 1 is 0.375 bits per heavy atom. The molecule has 20 heteroatoms. The Morgan fingerprint density at radius 2 is 0.438 bits per heavy atom. The van der Waals surface area contributed by atoms with E-state index in [9.17, 15) is 59.4 Å². The Labute approximate surface area is 236 Å². The summed E-state index contributed by atoms with van der Waals surface area (Å²) in [4.78, 5) is 57.8. The molecule has 0 spiro atoms. The quantitative estimate of drug-likeness (QED) is 0.133. The maximum Gasteiger partial charge on any atom is 5.00 e. The van der Waals surface area contributed by atoms with Crippen molar-refractivity contribution in [3.8, 4) is 0 Å². The fourth-order valence-corrected chi connectivity index (χ4v) is 0.773. The zero-order valence-corrected chi connectivity index (χ0v) is 21.2. The van der Waals surface area contributed by atoms with Gasteiger partial charge in [0.15, 0.2) is 0 Å². The van der Waals surface area contributed by atoms with E-state index in [1.165, 1.54) is 0 Å². The first-order chi connectivity index (χ1) is 13.4. The molecule has 6 unspecified atom stereocenters. The van der Waals surface area contributed by atoms with Crippen LogP contribution in [0.4, 0.5) is 0 Å². The molecule has 0 aliphatic rings. The first-order valence-electron chi connectivity index (χ1n) is 6.73. The number of aliphatic carboxylic acids is 6. The van der Waals surface area contributed by atoms with Crippen LogP contribution < -0.4 is 82.0 Å². The summed E-state index contributed by atoms with van der Waals surface area (Å²) >= 11 is 0. The SMILES string of the molecule is O=C([O-])C(O)C(O)C(=O)[O-].O=C([O-])C(O)C(O)C(=O)[O-].O=C([O-])C(O)C(O)C(=O)[O-].[K+].[Sb+5]. The first kappa shape index (κ1) is 41.3. The minimum Gasteiger partial charge on any atom is -0.547 e. The second-order valence-electron chi connectivity index (χ2n) is 4.58. The minimum absolute atomic E-state index is 0. The van der Waals surface area contributed by atoms with Crippen molar-refractivity contribution in [1.82, 2.24) is 0 Å². The van der Waals surface area contributed by atoms with E-state index in [1.54, 1.807) is 0 Å². The number of carbonyl (C=O) groups excluding carboxylic acids is 6. The van der Waals surface area contributed by atoms with Gasteiger partial charge in [-0.05, 0) is 0 Å². The van der Waals surface area contributed by atoms with E-state index in [0.717, 1.165) is 0 Å². The number of carboxylic acids is 6. The normalized spacial score (nSPS) is 14.8. The van der Waals surface area contributed by atoms with E-state index in [1.807, 2.05) is 0 Å². The Balaban J connectivity index is -0.000000110. The van der Waals surface area contributed by atoms with Crippen LogP contribution in [-0.4, -0.2) is 128 Å². The predicted octanol–water partition coefficient (Wildman–Crippen LogP) is -17.8. The average molecular weight is 605 g/mol. The molecule has 32 heavy (non-hydrogen) atoms. The van der Waals surface area contributed by atoms with Gasteiger partial charge in [-0.25, -0.2) is 0 Å². The van der Waals surface area contributed by atoms with Crippen molar-refractivity contribution in [3.63, 3.8) is 0 Å². The van der Waals surface area contributed by atoms with Gasteiger partial charge in [-0.1, -0.05) is 0 Å². The Morgan fingerprint density at radius 3 is 0.469 bits per heavy atom. The summed E-state index contributed by atoms with van der Waals surface area (Å²) in [6.45, 7) is 0. The van der Waals surface area contributed by atoms with Crippen molar-refractivity contribution in [2.45, 2.75) is 36.6 Å². The van der Waals surface area contributed by atoms with Crippen LogP contribution in [-0.2, 0) is 28.8 Å². The molecule has 6 atom stereocenters. The Bertz CT molecular complexity index is 500. The second-order valence-corrected chi connectivity index (χ2v) is 4.58. The smallest absolute Gasteiger partial charge is 0.547 e. The van der Waals surface area contributed by atoms with Crippen molar-refractivity contribution in [3.05, 3.63) is 0 Å². The fraction of sp³-hybridized carbons (Fsp3) is 0.500. The number of hydrogen-bond donors (Lipinski definition) is 6. The van der Waals surface area contributed by atoms with Gasteiger partial charge < -0.3 is 90.0 Å². The van der Waals surface area contributed by atoms with Crippen molar-refractivity contribution in [2.24, 2.45) is 0 Å². The summed E-state index contributed by atoms with van der Waals surface area (Å²) in [6.07, 6.45) is -14.6. The van der Waals surface area contributed by atoms with Crippen molar-refractivity contribution in [2.75, 3.05) is 0 Å². The number of rotatable bonds is 9. The molecule has 0 amide bonds. The number of carboxylic acid groups (broad SMARTS) is 6. The van der Waals surface area contributed by atoms with Crippen LogP contribution in [0.1, 0.15) is 0 Å². The molecular weight excluding hydrogens is 593 g/mol. The van der Waals surface area contributed by atoms with Gasteiger partial charge >= 0.3 is 75.8 Å². The van der Waals surface area contributed by atoms with E-state index >= 15 is 0 Å². The summed E-state index contributed by atoms with van der Waals surface area (Å²) in [6, 6.07) is 0. The van der Waals surface area contributed by atoms with Crippen molar-refractivity contribution in [1.29, 1.82) is 0 Å². The predicted molar refractivity (Wildman–Crippen MR) is 71.8 cm³/mol. The van der Waals surface area contributed by atoms with E-state index in [-0.39, 0.29) is 75.8 Å². The second kappa shape index (κ2) is 20.6. The molecule has 0 aromatic heterocycles. The molecular formula is C12H12KO18Sb. The fourth-order valence-electron chi connectivity index (χ4n) is 0.773. The molecule has 0 heterocycles. The Kier molecular flexibility index (Phi) is 26.6. The number of aliphatic hydroxyl groups is 6. The van der Waals surface area contributed by atoms with Crippen LogP contribution in [0.2, 0.25) is 0 Å². The molecule has 0 saturated carbocycles. The van der Waals surface area contributed by atoms with Gasteiger partial charge in [0.25, 0.3) is 0 Å². The molecule has 0 aliphatic heterocycles. The summed E-state index contributed by atoms with van der Waals surface area (Å²) < 4.78 is 0. The van der Waals surface area contributed by atoms with Gasteiger partial charge in [-0.15, -0.1) is 0 Å². The topological polar surface area (TPSA) is 362 Å². The standard InChI is InChI=1S/3C4H6O6.K.Sb/c3*5-1(3(7)8)2(6)4(9)10;;/h3*1-2,5-6H,(H,7,8)(H,9,10);;/q;;;+1;+5/p-6. The average Bonchev–Trinajstić information content (AvgIpc) is 2.64. The third kappa shape index (κ3) is 18.6. The molecule has 0 fully saturated rings. The minimum atomic E-state index is -2.44. The van der Waals surface area contributed by atoms with E-state index in [4.69, 9.17) is 30.6 Å². The molecule has 0 rings (SSSR count). The van der Waals surface area contributed by atoms with E-state index < -0.39 is 72.4 Å². The molecule has 0 aliphatic carbocycles. The maximum atomic E-state index is 9.63.